The fourth-order valence-corrected chi connectivity index (χ4v) is 3.91. The number of halogens is 3. The standard InChI is InChI=1S/C28H37F3N4O4/c1-27(2,3)39-26(36)34(4)15-14-32-19-20-9-8-11-22(17-20)35-25(18-24(33-35)28(29,30)31)38-16-13-21-10-6-7-12-23(21)37-5/h6,8-11,17-18,32H,7,12-16,19H2,1-5H3. The number of rotatable bonds is 11. The van der Waals surface area contributed by atoms with Gasteiger partial charge in [-0.15, -0.1) is 0 Å². The molecule has 1 aromatic carbocycles. The van der Waals surface area contributed by atoms with Crippen molar-refractivity contribution in [2.75, 3.05) is 33.9 Å². The largest absolute Gasteiger partial charge is 0.501 e. The minimum atomic E-state index is -4.61. The number of alkyl halides is 3. The predicted octanol–water partition coefficient (Wildman–Crippen LogP) is 5.87. The minimum absolute atomic E-state index is 0.00535. The highest BCUT2D eigenvalue weighted by Gasteiger charge is 2.35. The molecule has 8 nitrogen and oxygen atoms in total. The van der Waals surface area contributed by atoms with Crippen molar-refractivity contribution in [3.05, 3.63) is 65.1 Å². The zero-order valence-corrected chi connectivity index (χ0v) is 23.1. The number of nitrogens with zero attached hydrogens (tertiary/aromatic N) is 3. The molecule has 0 radical (unpaired) electrons. The van der Waals surface area contributed by atoms with Gasteiger partial charge in [0.1, 0.15) is 5.60 Å². The van der Waals surface area contributed by atoms with Gasteiger partial charge in [0.2, 0.25) is 5.88 Å². The molecule has 0 atom stereocenters. The first kappa shape index (κ1) is 30.1. The van der Waals surface area contributed by atoms with Crippen molar-refractivity contribution in [1.29, 1.82) is 0 Å². The Morgan fingerprint density at radius 2 is 1.97 bits per heavy atom. The van der Waals surface area contributed by atoms with Crippen LogP contribution in [0.4, 0.5) is 18.0 Å². The smallest absolute Gasteiger partial charge is 0.435 e. The van der Waals surface area contributed by atoms with Gasteiger partial charge in [0.25, 0.3) is 0 Å². The normalized spacial score (nSPS) is 13.9. The average molecular weight is 551 g/mol. The summed E-state index contributed by atoms with van der Waals surface area (Å²) in [6.07, 6.45) is 1.16. The number of methoxy groups -OCH3 is 1. The summed E-state index contributed by atoms with van der Waals surface area (Å²) in [5.41, 5.74) is 0.652. The lowest BCUT2D eigenvalue weighted by Crippen LogP contribution is -2.37. The van der Waals surface area contributed by atoms with Crippen molar-refractivity contribution in [3.63, 3.8) is 0 Å². The lowest BCUT2D eigenvalue weighted by molar-refractivity contribution is -0.141. The first-order chi connectivity index (χ1) is 18.4. The number of benzene rings is 1. The van der Waals surface area contributed by atoms with Crippen molar-refractivity contribution in [2.45, 2.75) is 58.4 Å². The van der Waals surface area contributed by atoms with Crippen LogP contribution in [0, 0.1) is 0 Å². The molecule has 214 valence electrons. The first-order valence-corrected chi connectivity index (χ1v) is 12.8. The van der Waals surface area contributed by atoms with Gasteiger partial charge < -0.3 is 24.4 Å². The molecular weight excluding hydrogens is 513 g/mol. The molecule has 0 saturated heterocycles. The predicted molar refractivity (Wildman–Crippen MR) is 142 cm³/mol. The quantitative estimate of drug-likeness (QED) is 0.353. The molecule has 1 N–H and O–H groups in total. The van der Waals surface area contributed by atoms with E-state index < -0.39 is 23.6 Å². The summed E-state index contributed by atoms with van der Waals surface area (Å²) in [5, 5.41) is 7.03. The highest BCUT2D eigenvalue weighted by molar-refractivity contribution is 5.67. The molecule has 0 saturated carbocycles. The molecule has 0 aliphatic heterocycles. The molecule has 39 heavy (non-hydrogen) atoms. The summed E-state index contributed by atoms with van der Waals surface area (Å²) in [5.74, 6) is 0.869. The first-order valence-electron chi connectivity index (χ1n) is 12.8. The fourth-order valence-electron chi connectivity index (χ4n) is 3.91. The number of hydrogen-bond acceptors (Lipinski definition) is 6. The van der Waals surface area contributed by atoms with E-state index in [9.17, 15) is 18.0 Å². The summed E-state index contributed by atoms with van der Waals surface area (Å²) < 4.78 is 58.2. The van der Waals surface area contributed by atoms with Crippen LogP contribution in [-0.4, -0.2) is 60.2 Å². The van der Waals surface area contributed by atoms with Crippen LogP contribution in [0.2, 0.25) is 0 Å². The van der Waals surface area contributed by atoms with Crippen LogP contribution in [-0.2, 0) is 22.2 Å². The number of nitrogens with one attached hydrogen (secondary N) is 1. The van der Waals surface area contributed by atoms with Crippen LogP contribution in [0.3, 0.4) is 0 Å². The second kappa shape index (κ2) is 13.1. The minimum Gasteiger partial charge on any atom is -0.501 e. The summed E-state index contributed by atoms with van der Waals surface area (Å²) in [4.78, 5) is 13.6. The summed E-state index contributed by atoms with van der Waals surface area (Å²) >= 11 is 0. The third-order valence-electron chi connectivity index (χ3n) is 5.86. The van der Waals surface area contributed by atoms with Gasteiger partial charge in [-0.3, -0.25) is 0 Å². The van der Waals surface area contributed by atoms with E-state index >= 15 is 0 Å². The highest BCUT2D eigenvalue weighted by atomic mass is 19.4. The summed E-state index contributed by atoms with van der Waals surface area (Å²) in [7, 11) is 3.27. The number of carbonyl (C=O) groups excluding carboxylic acids is 1. The molecule has 0 unspecified atom stereocenters. The molecule has 1 heterocycles. The Hall–Kier alpha value is -3.47. The van der Waals surface area contributed by atoms with Gasteiger partial charge in [-0.05, 0) is 50.5 Å². The summed E-state index contributed by atoms with van der Waals surface area (Å²) in [6, 6.07) is 7.95. The molecule has 1 aliphatic carbocycles. The van der Waals surface area contributed by atoms with Crippen molar-refractivity contribution in [3.8, 4) is 11.6 Å². The number of allylic oxidation sites excluding steroid dienone is 3. The number of hydrogen-bond donors (Lipinski definition) is 1. The van der Waals surface area contributed by atoms with Crippen LogP contribution >= 0.6 is 0 Å². The molecule has 11 heteroatoms. The van der Waals surface area contributed by atoms with E-state index in [2.05, 4.69) is 10.4 Å². The highest BCUT2D eigenvalue weighted by Crippen LogP contribution is 2.32. The van der Waals surface area contributed by atoms with E-state index in [-0.39, 0.29) is 12.5 Å². The average Bonchev–Trinajstić information content (AvgIpc) is 3.31. The Balaban J connectivity index is 1.66. The second-order valence-corrected chi connectivity index (χ2v) is 10.2. The van der Waals surface area contributed by atoms with Crippen molar-refractivity contribution in [2.24, 2.45) is 0 Å². The molecule has 1 aromatic heterocycles. The second-order valence-electron chi connectivity index (χ2n) is 10.2. The summed E-state index contributed by atoms with van der Waals surface area (Å²) in [6.45, 7) is 6.96. The van der Waals surface area contributed by atoms with Crippen LogP contribution in [0.25, 0.3) is 5.69 Å². The van der Waals surface area contributed by atoms with E-state index in [1.165, 1.54) is 9.58 Å². The van der Waals surface area contributed by atoms with E-state index in [1.807, 2.05) is 18.2 Å². The van der Waals surface area contributed by atoms with E-state index in [0.717, 1.165) is 35.8 Å². The maximum Gasteiger partial charge on any atom is 0.435 e. The number of aromatic nitrogens is 2. The molecule has 1 amide bonds. The van der Waals surface area contributed by atoms with Gasteiger partial charge in [0.05, 0.1) is 25.2 Å². The van der Waals surface area contributed by atoms with Gasteiger partial charge in [0, 0.05) is 45.6 Å². The van der Waals surface area contributed by atoms with Crippen molar-refractivity contribution >= 4 is 6.09 Å². The van der Waals surface area contributed by atoms with Crippen LogP contribution in [0.5, 0.6) is 5.88 Å². The topological polar surface area (TPSA) is 77.9 Å². The zero-order chi connectivity index (χ0) is 28.6. The maximum absolute atomic E-state index is 13.5. The van der Waals surface area contributed by atoms with Crippen LogP contribution in [0.1, 0.15) is 51.3 Å². The van der Waals surface area contributed by atoms with Crippen molar-refractivity contribution in [1.82, 2.24) is 20.0 Å². The van der Waals surface area contributed by atoms with Gasteiger partial charge in [-0.2, -0.15) is 18.3 Å². The Kier molecular flexibility index (Phi) is 10.1. The van der Waals surface area contributed by atoms with E-state index in [0.29, 0.717) is 31.7 Å². The number of amides is 1. The lowest BCUT2D eigenvalue weighted by atomic mass is 10.0. The monoisotopic (exact) mass is 550 g/mol. The Bertz CT molecular complexity index is 1180. The van der Waals surface area contributed by atoms with Crippen LogP contribution < -0.4 is 10.1 Å². The van der Waals surface area contributed by atoms with Gasteiger partial charge >= 0.3 is 12.3 Å². The van der Waals surface area contributed by atoms with Gasteiger partial charge in [0.15, 0.2) is 5.69 Å². The number of likely N-dealkylation sites (N-methyl/N-ethyl adjacent to an activating group) is 1. The number of carbonyl (C=O) groups is 1. The van der Waals surface area contributed by atoms with Gasteiger partial charge in [-0.25, -0.2) is 9.48 Å². The molecule has 0 bridgehead atoms. The maximum atomic E-state index is 13.5. The van der Waals surface area contributed by atoms with Crippen LogP contribution in [0.15, 0.2) is 53.8 Å². The molecule has 2 aromatic rings. The number of ether oxygens (including phenoxy) is 3. The SMILES string of the molecule is COC1=C(CCOc2cc(C(F)(F)F)nn2-c2cccc(CNCCN(C)C(=O)OC(C)(C)C)c2)C=CCC1. The third kappa shape index (κ3) is 9.05. The molecule has 1 aliphatic rings. The van der Waals surface area contributed by atoms with Gasteiger partial charge in [-0.1, -0.05) is 24.3 Å². The van der Waals surface area contributed by atoms with E-state index in [4.69, 9.17) is 14.2 Å². The molecule has 3 rings (SSSR count). The Morgan fingerprint density at radius 1 is 1.21 bits per heavy atom. The molecule has 0 fully saturated rings. The lowest BCUT2D eigenvalue weighted by Gasteiger charge is -2.24. The van der Waals surface area contributed by atoms with Crippen molar-refractivity contribution < 1.29 is 32.2 Å². The zero-order valence-electron chi connectivity index (χ0n) is 23.1. The molecular formula is C28H37F3N4O4. The Morgan fingerprint density at radius 3 is 2.67 bits per heavy atom. The fraction of sp³-hybridized carbons (Fsp3) is 0.500. The van der Waals surface area contributed by atoms with E-state index in [1.54, 1.807) is 53.1 Å². The Labute approximate surface area is 227 Å². The third-order valence-corrected chi connectivity index (χ3v) is 5.86. The molecule has 0 spiro atoms.